The van der Waals surface area contributed by atoms with E-state index in [1.54, 1.807) is 0 Å². The summed E-state index contributed by atoms with van der Waals surface area (Å²) < 4.78 is 3.49. The molecule has 1 aliphatic heterocycles. The SMILES string of the molecule is CC(Br)(C(Br)(Br)Br)C(Br)(Br)C(Br)(Br)CC1CO1. The second-order valence-corrected chi connectivity index (χ2v) is 19.5. The average molecular weight is 759 g/mol. The summed E-state index contributed by atoms with van der Waals surface area (Å²) in [5.74, 6) is 0. The molecule has 1 rings (SSSR count). The van der Waals surface area contributed by atoms with Crippen LogP contribution in [0.3, 0.4) is 0 Å². The number of ether oxygens (including phenoxy) is 1. The number of alkyl halides is 8. The minimum Gasteiger partial charge on any atom is -0.373 e. The lowest BCUT2D eigenvalue weighted by molar-refractivity contribution is 0.385. The molecular weight excluding hydrogens is 751 g/mol. The van der Waals surface area contributed by atoms with Crippen molar-refractivity contribution < 1.29 is 4.74 Å². The van der Waals surface area contributed by atoms with Gasteiger partial charge in [0.05, 0.1) is 17.0 Å². The smallest absolute Gasteiger partial charge is 0.152 e. The van der Waals surface area contributed by atoms with Gasteiger partial charge in [-0.1, -0.05) is 127 Å². The van der Waals surface area contributed by atoms with E-state index in [1.165, 1.54) is 0 Å². The molecule has 0 amide bonds. The predicted octanol–water partition coefficient (Wildman–Crippen LogP) is 6.74. The molecule has 0 saturated carbocycles. The third-order valence-corrected chi connectivity index (χ3v) is 15.6. The standard InChI is InChI=1S/C8H8Br8O/c1-5(9,8(14,15)16)7(12,13)6(10,11)2-4-3-17-4/h4H,2-3H2,1H3. The molecule has 0 aromatic carbocycles. The van der Waals surface area contributed by atoms with Crippen LogP contribution in [0.1, 0.15) is 13.3 Å². The van der Waals surface area contributed by atoms with Gasteiger partial charge in [0.1, 0.15) is 6.47 Å². The van der Waals surface area contributed by atoms with E-state index in [4.69, 9.17) is 4.74 Å². The zero-order chi connectivity index (χ0) is 13.7. The van der Waals surface area contributed by atoms with Gasteiger partial charge in [0.25, 0.3) is 0 Å². The van der Waals surface area contributed by atoms with E-state index in [2.05, 4.69) is 127 Å². The molecule has 0 aliphatic carbocycles. The second-order valence-electron chi connectivity index (χ2n) is 3.94. The fourth-order valence-electron chi connectivity index (χ4n) is 1.12. The third-order valence-electron chi connectivity index (χ3n) is 2.47. The van der Waals surface area contributed by atoms with E-state index in [-0.39, 0.29) is 3.23 Å². The van der Waals surface area contributed by atoms with Gasteiger partial charge in [0.15, 0.2) is 2.14 Å². The molecule has 1 saturated heterocycles. The first kappa shape index (κ1) is 18.8. The Bertz CT molecular complexity index is 290. The van der Waals surface area contributed by atoms with E-state index in [9.17, 15) is 0 Å². The molecule has 1 nitrogen and oxygen atoms in total. The number of epoxide rings is 1. The minimum absolute atomic E-state index is 0.293. The van der Waals surface area contributed by atoms with E-state index in [1.807, 2.05) is 6.92 Å². The van der Waals surface area contributed by atoms with E-state index < -0.39 is 9.70 Å². The van der Waals surface area contributed by atoms with Crippen LogP contribution in [-0.4, -0.2) is 25.6 Å². The van der Waals surface area contributed by atoms with Gasteiger partial charge in [-0.2, -0.15) is 0 Å². The van der Waals surface area contributed by atoms with Crippen molar-refractivity contribution in [3.63, 3.8) is 0 Å². The van der Waals surface area contributed by atoms with Crippen molar-refractivity contribution in [1.29, 1.82) is 0 Å². The van der Waals surface area contributed by atoms with Gasteiger partial charge in [-0.15, -0.1) is 0 Å². The van der Waals surface area contributed by atoms with E-state index >= 15 is 0 Å². The summed E-state index contributed by atoms with van der Waals surface area (Å²) in [5, 5.41) is 0. The van der Waals surface area contributed by atoms with Crippen LogP contribution >= 0.6 is 127 Å². The Morgan fingerprint density at radius 3 is 1.71 bits per heavy atom. The molecule has 0 spiro atoms. The van der Waals surface area contributed by atoms with Crippen LogP contribution in [0.5, 0.6) is 0 Å². The van der Waals surface area contributed by atoms with Crippen molar-refractivity contribution in [3.8, 4) is 0 Å². The lowest BCUT2D eigenvalue weighted by Crippen LogP contribution is -2.56. The quantitative estimate of drug-likeness (QED) is 0.229. The Hall–Kier alpha value is 3.80. The fourth-order valence-corrected chi connectivity index (χ4v) is 6.91. The zero-order valence-electron chi connectivity index (χ0n) is 8.42. The molecule has 1 aliphatic rings. The molecular formula is C8H8Br8O. The first-order chi connectivity index (χ1) is 7.33. The van der Waals surface area contributed by atoms with Gasteiger partial charge in [-0.25, -0.2) is 0 Å². The molecule has 1 heterocycles. The van der Waals surface area contributed by atoms with Crippen LogP contribution in [0.4, 0.5) is 0 Å². The summed E-state index contributed by atoms with van der Waals surface area (Å²) in [6.45, 7) is 2.86. The Morgan fingerprint density at radius 2 is 1.41 bits per heavy atom. The molecule has 1 fully saturated rings. The highest BCUT2D eigenvalue weighted by atomic mass is 80.0. The van der Waals surface area contributed by atoms with Gasteiger partial charge in [-0.05, 0) is 6.92 Å². The first-order valence-electron chi connectivity index (χ1n) is 4.46. The van der Waals surface area contributed by atoms with Gasteiger partial charge < -0.3 is 4.74 Å². The van der Waals surface area contributed by atoms with Gasteiger partial charge in [-0.3, -0.25) is 0 Å². The summed E-state index contributed by atoms with van der Waals surface area (Å²) in [6, 6.07) is 0. The molecule has 0 bridgehead atoms. The van der Waals surface area contributed by atoms with Crippen LogP contribution in [-0.2, 0) is 4.74 Å². The summed E-state index contributed by atoms with van der Waals surface area (Å²) >= 11 is 29.4. The third kappa shape index (κ3) is 4.17. The number of hydrogen-bond donors (Lipinski definition) is 0. The Morgan fingerprint density at radius 1 is 1.00 bits per heavy atom. The molecule has 0 radical (unpaired) electrons. The molecule has 9 heteroatoms. The van der Waals surface area contributed by atoms with Crippen LogP contribution in [0.25, 0.3) is 0 Å². The molecule has 102 valence electrons. The molecule has 2 atom stereocenters. The average Bonchev–Trinajstić information content (AvgIpc) is 2.84. The normalized spacial score (nSPS) is 25.6. The van der Waals surface area contributed by atoms with Crippen LogP contribution in [0.2, 0.25) is 0 Å². The molecule has 2 unspecified atom stereocenters. The summed E-state index contributed by atoms with van der Waals surface area (Å²) in [5.41, 5.74) is 0. The number of hydrogen-bond acceptors (Lipinski definition) is 1. The van der Waals surface area contributed by atoms with Crippen LogP contribution in [0.15, 0.2) is 0 Å². The maximum atomic E-state index is 5.29. The van der Waals surface area contributed by atoms with Crippen LogP contribution in [0, 0.1) is 0 Å². The lowest BCUT2D eigenvalue weighted by atomic mass is 10.0. The van der Waals surface area contributed by atoms with Gasteiger partial charge >= 0.3 is 0 Å². The number of rotatable bonds is 4. The molecule has 0 aromatic rings. The number of halogens is 8. The molecule has 17 heavy (non-hydrogen) atoms. The fraction of sp³-hybridized carbons (Fsp3) is 1.00. The topological polar surface area (TPSA) is 12.5 Å². The van der Waals surface area contributed by atoms with E-state index in [0.29, 0.717) is 6.10 Å². The predicted molar refractivity (Wildman–Crippen MR) is 102 cm³/mol. The maximum Gasteiger partial charge on any atom is 0.152 e. The highest BCUT2D eigenvalue weighted by molar-refractivity contribution is 9.40. The molecule has 0 aromatic heterocycles. The highest BCUT2D eigenvalue weighted by Crippen LogP contribution is 2.66. The summed E-state index contributed by atoms with van der Waals surface area (Å²) in [4.78, 5) is 0. The highest BCUT2D eigenvalue weighted by Gasteiger charge is 2.63. The van der Waals surface area contributed by atoms with Crippen molar-refractivity contribution in [2.24, 2.45) is 0 Å². The molecule has 0 N–H and O–H groups in total. The van der Waals surface area contributed by atoms with Gasteiger partial charge in [0.2, 0.25) is 0 Å². The van der Waals surface area contributed by atoms with Crippen molar-refractivity contribution in [2.45, 2.75) is 32.4 Å². The van der Waals surface area contributed by atoms with Gasteiger partial charge in [0, 0.05) is 6.42 Å². The first-order valence-corrected chi connectivity index (χ1v) is 10.8. The minimum atomic E-state index is -0.498. The van der Waals surface area contributed by atoms with Crippen molar-refractivity contribution in [1.82, 2.24) is 0 Å². The monoisotopic (exact) mass is 751 g/mol. The second kappa shape index (κ2) is 6.13. The zero-order valence-corrected chi connectivity index (χ0v) is 21.1. The Labute approximate surface area is 168 Å². The van der Waals surface area contributed by atoms with Crippen LogP contribution < -0.4 is 0 Å². The largest absolute Gasteiger partial charge is 0.373 e. The summed E-state index contributed by atoms with van der Waals surface area (Å²) in [6.07, 6.45) is 1.12. The lowest BCUT2D eigenvalue weighted by Gasteiger charge is -2.48. The van der Waals surface area contributed by atoms with E-state index in [0.717, 1.165) is 13.0 Å². The summed E-state index contributed by atoms with van der Waals surface area (Å²) in [7, 11) is 0. The Kier molecular flexibility index (Phi) is 6.79. The van der Waals surface area contributed by atoms with Crippen molar-refractivity contribution in [3.05, 3.63) is 0 Å². The van der Waals surface area contributed by atoms with Crippen molar-refractivity contribution >= 4 is 127 Å². The Balaban J connectivity index is 2.98. The van der Waals surface area contributed by atoms with Crippen molar-refractivity contribution in [2.75, 3.05) is 6.61 Å². The maximum absolute atomic E-state index is 5.29.